The SMILES string of the molecule is CC1(C)O[C@H]2[C@@H](O1)[C@@H](COc1nc(NCc3cccc4c3OCO4)nc(NC3CCCCC3)n1)O[C@@H]1OC(C)(C)O[C@@H]12. The van der Waals surface area contributed by atoms with E-state index in [2.05, 4.69) is 25.6 Å². The van der Waals surface area contributed by atoms with Crippen molar-refractivity contribution in [2.75, 3.05) is 24.0 Å². The molecule has 5 heterocycles. The van der Waals surface area contributed by atoms with Crippen LogP contribution in [0.25, 0.3) is 0 Å². The Labute approximate surface area is 244 Å². The molecular formula is C29H39N5O8. The summed E-state index contributed by atoms with van der Waals surface area (Å²) in [4.78, 5) is 13.8. The highest BCUT2D eigenvalue weighted by molar-refractivity contribution is 5.49. The molecule has 1 aromatic carbocycles. The van der Waals surface area contributed by atoms with Crippen LogP contribution in [0.2, 0.25) is 0 Å². The van der Waals surface area contributed by atoms with Crippen molar-refractivity contribution in [1.29, 1.82) is 0 Å². The lowest BCUT2D eigenvalue weighted by Gasteiger charge is -2.36. The van der Waals surface area contributed by atoms with Gasteiger partial charge in [-0.15, -0.1) is 0 Å². The van der Waals surface area contributed by atoms with E-state index in [0.29, 0.717) is 24.5 Å². The first-order valence-corrected chi connectivity index (χ1v) is 14.8. The second-order valence-corrected chi connectivity index (χ2v) is 12.3. The Bertz CT molecular complexity index is 1290. The molecule has 42 heavy (non-hydrogen) atoms. The van der Waals surface area contributed by atoms with Gasteiger partial charge >= 0.3 is 6.01 Å². The number of anilines is 2. The highest BCUT2D eigenvalue weighted by Crippen LogP contribution is 2.44. The van der Waals surface area contributed by atoms with Crippen LogP contribution in [0.15, 0.2) is 18.2 Å². The fourth-order valence-electron chi connectivity index (χ4n) is 6.28. The average Bonchev–Trinajstić information content (AvgIpc) is 3.65. The molecule has 1 aromatic heterocycles. The normalized spacial score (nSPS) is 30.9. The Balaban J connectivity index is 1.09. The Hall–Kier alpha value is -2.97. The third kappa shape index (κ3) is 5.80. The minimum atomic E-state index is -0.796. The third-order valence-electron chi connectivity index (χ3n) is 8.10. The van der Waals surface area contributed by atoms with Crippen LogP contribution in [0.3, 0.4) is 0 Å². The van der Waals surface area contributed by atoms with E-state index in [1.807, 2.05) is 45.9 Å². The van der Waals surface area contributed by atoms with Crippen molar-refractivity contribution >= 4 is 11.9 Å². The molecule has 2 N–H and O–H groups in total. The summed E-state index contributed by atoms with van der Waals surface area (Å²) in [7, 11) is 0. The largest absolute Gasteiger partial charge is 0.460 e. The van der Waals surface area contributed by atoms with Crippen molar-refractivity contribution < 1.29 is 37.9 Å². The summed E-state index contributed by atoms with van der Waals surface area (Å²) in [5.41, 5.74) is 0.938. The zero-order chi connectivity index (χ0) is 28.9. The Morgan fingerprint density at radius 3 is 2.48 bits per heavy atom. The molecule has 0 bridgehead atoms. The number of para-hydroxylation sites is 1. The second kappa shape index (κ2) is 10.9. The third-order valence-corrected chi connectivity index (χ3v) is 8.10. The van der Waals surface area contributed by atoms with Gasteiger partial charge in [0.1, 0.15) is 31.0 Å². The van der Waals surface area contributed by atoms with Gasteiger partial charge in [0.2, 0.25) is 18.7 Å². The van der Waals surface area contributed by atoms with Gasteiger partial charge in [0.15, 0.2) is 29.4 Å². The molecule has 3 saturated heterocycles. The Morgan fingerprint density at radius 1 is 0.857 bits per heavy atom. The van der Waals surface area contributed by atoms with Gasteiger partial charge in [0.05, 0.1) is 0 Å². The number of nitrogens with zero attached hydrogens (tertiary/aromatic N) is 3. The molecule has 0 unspecified atom stereocenters. The van der Waals surface area contributed by atoms with Crippen LogP contribution in [0.5, 0.6) is 17.5 Å². The topological polar surface area (TPSA) is 137 Å². The van der Waals surface area contributed by atoms with Crippen LogP contribution in [0.4, 0.5) is 11.9 Å². The fraction of sp³-hybridized carbons (Fsp3) is 0.690. The van der Waals surface area contributed by atoms with Crippen LogP contribution in [0.1, 0.15) is 65.4 Å². The van der Waals surface area contributed by atoms with Gasteiger partial charge in [0.25, 0.3) is 0 Å². The van der Waals surface area contributed by atoms with E-state index in [1.165, 1.54) is 19.3 Å². The maximum atomic E-state index is 6.30. The number of benzene rings is 1. The molecule has 4 aliphatic heterocycles. The molecule has 0 amide bonds. The molecule has 13 nitrogen and oxygen atoms in total. The van der Waals surface area contributed by atoms with Gasteiger partial charge < -0.3 is 48.5 Å². The molecule has 5 aliphatic rings. The van der Waals surface area contributed by atoms with Gasteiger partial charge in [-0.3, -0.25) is 0 Å². The molecule has 2 aromatic rings. The zero-order valence-corrected chi connectivity index (χ0v) is 24.5. The minimum Gasteiger partial charge on any atom is -0.460 e. The lowest BCUT2D eigenvalue weighted by atomic mass is 9.96. The van der Waals surface area contributed by atoms with Gasteiger partial charge in [-0.25, -0.2) is 0 Å². The summed E-state index contributed by atoms with van der Waals surface area (Å²) in [6.45, 7) is 8.25. The van der Waals surface area contributed by atoms with Crippen molar-refractivity contribution in [3.05, 3.63) is 23.8 Å². The second-order valence-electron chi connectivity index (χ2n) is 12.3. The molecule has 0 radical (unpaired) electrons. The lowest BCUT2D eigenvalue weighted by molar-refractivity contribution is -0.238. The predicted molar refractivity (Wildman–Crippen MR) is 148 cm³/mol. The maximum Gasteiger partial charge on any atom is 0.323 e. The molecule has 1 saturated carbocycles. The standard InChI is InChI=1S/C29H39N5O8/c1-28(2)39-21-19(38-24-23(22(21)40-28)41-29(3,4)42-24)14-35-27-33-25(32-26(34-27)31-17-10-6-5-7-11-17)30-13-16-9-8-12-18-20(16)37-15-36-18/h8-9,12,17,19,21-24H,5-7,10-11,13-15H2,1-4H3,(H2,30,31,32,33,34)/t19-,21+,22+,23-,24-/m1/s1. The predicted octanol–water partition coefficient (Wildman–Crippen LogP) is 3.73. The van der Waals surface area contributed by atoms with Crippen molar-refractivity contribution in [1.82, 2.24) is 15.0 Å². The van der Waals surface area contributed by atoms with Crippen molar-refractivity contribution in [3.8, 4) is 17.5 Å². The first-order valence-electron chi connectivity index (χ1n) is 14.8. The molecule has 0 spiro atoms. The molecular weight excluding hydrogens is 546 g/mol. The summed E-state index contributed by atoms with van der Waals surface area (Å²) >= 11 is 0. The van der Waals surface area contributed by atoms with E-state index >= 15 is 0 Å². The first kappa shape index (κ1) is 27.8. The number of nitrogens with one attached hydrogen (secondary N) is 2. The van der Waals surface area contributed by atoms with E-state index < -0.39 is 36.2 Å². The van der Waals surface area contributed by atoms with Crippen LogP contribution in [-0.4, -0.2) is 76.7 Å². The van der Waals surface area contributed by atoms with Crippen LogP contribution < -0.4 is 24.8 Å². The van der Waals surface area contributed by atoms with E-state index in [4.69, 9.17) is 37.9 Å². The number of fused-ring (bicyclic) bond motifs is 4. The number of hydrogen-bond acceptors (Lipinski definition) is 13. The van der Waals surface area contributed by atoms with Gasteiger partial charge in [-0.2, -0.15) is 15.0 Å². The zero-order valence-electron chi connectivity index (χ0n) is 24.5. The molecule has 13 heteroatoms. The van der Waals surface area contributed by atoms with Crippen LogP contribution in [0, 0.1) is 0 Å². The highest BCUT2D eigenvalue weighted by atomic mass is 16.9. The summed E-state index contributed by atoms with van der Waals surface area (Å²) in [5.74, 6) is 0.703. The molecule has 5 atom stereocenters. The smallest absolute Gasteiger partial charge is 0.323 e. The first-order chi connectivity index (χ1) is 20.2. The molecule has 228 valence electrons. The summed E-state index contributed by atoms with van der Waals surface area (Å²) in [5, 5.41) is 6.79. The molecule has 1 aliphatic carbocycles. The number of rotatable bonds is 8. The minimum absolute atomic E-state index is 0.122. The van der Waals surface area contributed by atoms with E-state index in [1.54, 1.807) is 0 Å². The monoisotopic (exact) mass is 585 g/mol. The number of hydrogen-bond donors (Lipinski definition) is 2. The van der Waals surface area contributed by atoms with Gasteiger partial charge in [0, 0.05) is 18.2 Å². The van der Waals surface area contributed by atoms with Crippen LogP contribution >= 0.6 is 0 Å². The average molecular weight is 586 g/mol. The highest BCUT2D eigenvalue weighted by Gasteiger charge is 2.60. The molecule has 7 rings (SSSR count). The quantitative estimate of drug-likeness (QED) is 0.466. The number of aromatic nitrogens is 3. The van der Waals surface area contributed by atoms with E-state index in [0.717, 1.165) is 29.9 Å². The van der Waals surface area contributed by atoms with Crippen molar-refractivity contribution in [2.45, 2.75) is 115 Å². The van der Waals surface area contributed by atoms with Crippen molar-refractivity contribution in [2.24, 2.45) is 0 Å². The lowest BCUT2D eigenvalue weighted by Crippen LogP contribution is -2.56. The van der Waals surface area contributed by atoms with Crippen molar-refractivity contribution in [3.63, 3.8) is 0 Å². The van der Waals surface area contributed by atoms with Gasteiger partial charge in [-0.1, -0.05) is 31.4 Å². The maximum absolute atomic E-state index is 6.30. The van der Waals surface area contributed by atoms with E-state index in [9.17, 15) is 0 Å². The Morgan fingerprint density at radius 2 is 1.62 bits per heavy atom. The summed E-state index contributed by atoms with van der Waals surface area (Å²) in [6.07, 6.45) is 3.48. The Kier molecular flexibility index (Phi) is 7.25. The van der Waals surface area contributed by atoms with E-state index in [-0.39, 0.29) is 25.5 Å². The van der Waals surface area contributed by atoms with Gasteiger partial charge in [-0.05, 0) is 46.6 Å². The summed E-state index contributed by atoms with van der Waals surface area (Å²) < 4.78 is 48.2. The fourth-order valence-corrected chi connectivity index (χ4v) is 6.28. The van der Waals surface area contributed by atoms with Crippen LogP contribution in [-0.2, 0) is 30.2 Å². The summed E-state index contributed by atoms with van der Waals surface area (Å²) in [6, 6.07) is 6.27. The number of ether oxygens (including phenoxy) is 8. The molecule has 4 fully saturated rings.